The predicted molar refractivity (Wildman–Crippen MR) is 128 cm³/mol. The molecule has 1 aromatic heterocycles. The Balaban J connectivity index is 2.03. The van der Waals surface area contributed by atoms with E-state index in [0.29, 0.717) is 16.3 Å². The van der Waals surface area contributed by atoms with Gasteiger partial charge in [0.05, 0.1) is 29.3 Å². The maximum atomic E-state index is 13.3. The van der Waals surface area contributed by atoms with Crippen LogP contribution in [0.2, 0.25) is 15.1 Å². The summed E-state index contributed by atoms with van der Waals surface area (Å²) >= 11 is 18.6. The maximum absolute atomic E-state index is 13.3. The SMILES string of the molecule is COc1c(Cl)cc(Cl)cc1/C(O)=C1\C(=O)C(=O)N(c2cc(Cl)ccc2C)C1c1ccncc1. The van der Waals surface area contributed by atoms with Gasteiger partial charge in [-0.1, -0.05) is 40.9 Å². The van der Waals surface area contributed by atoms with Crippen LogP contribution >= 0.6 is 34.8 Å². The van der Waals surface area contributed by atoms with Crippen LogP contribution < -0.4 is 9.64 Å². The Morgan fingerprint density at radius 3 is 2.39 bits per heavy atom. The van der Waals surface area contributed by atoms with Gasteiger partial charge >= 0.3 is 0 Å². The summed E-state index contributed by atoms with van der Waals surface area (Å²) in [5.74, 6) is -2.02. The zero-order valence-corrected chi connectivity index (χ0v) is 19.7. The summed E-state index contributed by atoms with van der Waals surface area (Å²) in [6.45, 7) is 1.80. The summed E-state index contributed by atoms with van der Waals surface area (Å²) in [6, 6.07) is 10.3. The number of halogens is 3. The van der Waals surface area contributed by atoms with E-state index in [1.807, 2.05) is 0 Å². The number of hydrogen-bond acceptors (Lipinski definition) is 5. The van der Waals surface area contributed by atoms with Crippen molar-refractivity contribution in [2.75, 3.05) is 12.0 Å². The number of pyridine rings is 1. The van der Waals surface area contributed by atoms with Gasteiger partial charge in [0.2, 0.25) is 0 Å². The van der Waals surface area contributed by atoms with Crippen molar-refractivity contribution in [2.45, 2.75) is 13.0 Å². The van der Waals surface area contributed by atoms with E-state index < -0.39 is 23.5 Å². The van der Waals surface area contributed by atoms with Crippen LogP contribution in [0.25, 0.3) is 5.76 Å². The molecule has 1 N–H and O–H groups in total. The quantitative estimate of drug-likeness (QED) is 0.269. The molecule has 0 spiro atoms. The Bertz CT molecular complexity index is 1310. The number of amides is 1. The first kappa shape index (κ1) is 23.1. The number of benzene rings is 2. The first-order valence-corrected chi connectivity index (χ1v) is 10.9. The van der Waals surface area contributed by atoms with Gasteiger partial charge in [0.15, 0.2) is 0 Å². The van der Waals surface area contributed by atoms with Crippen LogP contribution in [0.15, 0.2) is 60.4 Å². The molecular formula is C24H17Cl3N2O4. The molecule has 1 unspecified atom stereocenters. The minimum Gasteiger partial charge on any atom is -0.507 e. The monoisotopic (exact) mass is 502 g/mol. The molecule has 168 valence electrons. The summed E-state index contributed by atoms with van der Waals surface area (Å²) in [4.78, 5) is 31.9. The van der Waals surface area contributed by atoms with Gasteiger partial charge < -0.3 is 9.84 Å². The zero-order valence-electron chi connectivity index (χ0n) is 17.5. The number of carbonyl (C=O) groups excluding carboxylic acids is 2. The lowest BCUT2D eigenvalue weighted by Crippen LogP contribution is -2.30. The van der Waals surface area contributed by atoms with Gasteiger partial charge in [-0.2, -0.15) is 0 Å². The van der Waals surface area contributed by atoms with Gasteiger partial charge in [-0.25, -0.2) is 0 Å². The third kappa shape index (κ3) is 4.06. The number of Topliss-reactive ketones (excluding diaryl/α,β-unsaturated/α-hetero) is 1. The fraction of sp³-hybridized carbons (Fsp3) is 0.125. The van der Waals surface area contributed by atoms with Crippen LogP contribution in [0.1, 0.15) is 22.7 Å². The second-order valence-corrected chi connectivity index (χ2v) is 8.63. The van der Waals surface area contributed by atoms with E-state index >= 15 is 0 Å². The summed E-state index contributed by atoms with van der Waals surface area (Å²) < 4.78 is 5.34. The highest BCUT2D eigenvalue weighted by Crippen LogP contribution is 2.45. The fourth-order valence-corrected chi connectivity index (χ4v) is 4.61. The topological polar surface area (TPSA) is 79.7 Å². The van der Waals surface area contributed by atoms with Crippen molar-refractivity contribution in [2.24, 2.45) is 0 Å². The predicted octanol–water partition coefficient (Wildman–Crippen LogP) is 5.99. The summed E-state index contributed by atoms with van der Waals surface area (Å²) in [5, 5.41) is 12.1. The van der Waals surface area contributed by atoms with Crippen LogP contribution in [0.3, 0.4) is 0 Å². The molecule has 9 heteroatoms. The van der Waals surface area contributed by atoms with Gasteiger partial charge in [0.1, 0.15) is 11.5 Å². The first-order valence-electron chi connectivity index (χ1n) is 9.75. The van der Waals surface area contributed by atoms with Crippen LogP contribution in [0, 0.1) is 6.92 Å². The van der Waals surface area contributed by atoms with E-state index in [4.69, 9.17) is 39.5 Å². The first-order chi connectivity index (χ1) is 15.7. The molecule has 3 aromatic rings. The number of aromatic nitrogens is 1. The number of methoxy groups -OCH3 is 1. The van der Waals surface area contributed by atoms with Crippen molar-refractivity contribution in [1.82, 2.24) is 4.98 Å². The lowest BCUT2D eigenvalue weighted by molar-refractivity contribution is -0.132. The average molecular weight is 504 g/mol. The number of aryl methyl sites for hydroxylation is 1. The van der Waals surface area contributed by atoms with Crippen molar-refractivity contribution in [3.05, 3.63) is 92.2 Å². The van der Waals surface area contributed by atoms with Gasteiger partial charge in [-0.05, 0) is 54.4 Å². The number of aliphatic hydroxyl groups is 1. The largest absolute Gasteiger partial charge is 0.507 e. The van der Waals surface area contributed by atoms with E-state index in [0.717, 1.165) is 5.56 Å². The molecule has 33 heavy (non-hydrogen) atoms. The van der Waals surface area contributed by atoms with Gasteiger partial charge in [0.25, 0.3) is 11.7 Å². The highest BCUT2D eigenvalue weighted by molar-refractivity contribution is 6.52. The second-order valence-electron chi connectivity index (χ2n) is 7.35. The Hall–Kier alpha value is -3.06. The van der Waals surface area contributed by atoms with Crippen molar-refractivity contribution < 1.29 is 19.4 Å². The smallest absolute Gasteiger partial charge is 0.300 e. The molecule has 1 aliphatic rings. The highest BCUT2D eigenvalue weighted by Gasteiger charge is 2.47. The van der Waals surface area contributed by atoms with E-state index in [2.05, 4.69) is 4.98 Å². The van der Waals surface area contributed by atoms with E-state index in [1.165, 1.54) is 36.5 Å². The Morgan fingerprint density at radius 2 is 1.73 bits per heavy atom. The lowest BCUT2D eigenvalue weighted by atomic mass is 9.95. The minimum absolute atomic E-state index is 0.0925. The Kier molecular flexibility index (Phi) is 6.34. The maximum Gasteiger partial charge on any atom is 0.300 e. The standard InChI is InChI=1S/C24H17Cl3N2O4/c1-12-3-4-14(25)11-18(12)29-20(13-5-7-28-8-6-13)19(22(31)24(29)32)21(30)16-9-15(26)10-17(27)23(16)33-2/h3-11,20,30H,1-2H3/b21-19+. The van der Waals surface area contributed by atoms with Gasteiger partial charge in [0, 0.05) is 28.1 Å². The molecule has 0 bridgehead atoms. The molecule has 2 aromatic carbocycles. The number of ether oxygens (including phenoxy) is 1. The van der Waals surface area contributed by atoms with E-state index in [9.17, 15) is 14.7 Å². The molecule has 0 radical (unpaired) electrons. The van der Waals surface area contributed by atoms with Gasteiger partial charge in [-0.15, -0.1) is 0 Å². The van der Waals surface area contributed by atoms with Crippen LogP contribution in [-0.4, -0.2) is 28.9 Å². The van der Waals surface area contributed by atoms with Crippen LogP contribution in [0.5, 0.6) is 5.75 Å². The third-order valence-electron chi connectivity index (χ3n) is 5.36. The molecule has 0 aliphatic carbocycles. The van der Waals surface area contributed by atoms with Gasteiger partial charge in [-0.3, -0.25) is 19.5 Å². The number of nitrogens with zero attached hydrogens (tertiary/aromatic N) is 2. The number of aliphatic hydroxyl groups excluding tert-OH is 1. The molecule has 1 saturated heterocycles. The van der Waals surface area contributed by atoms with Crippen molar-refractivity contribution >= 4 is 57.9 Å². The molecule has 1 atom stereocenters. The molecular weight excluding hydrogens is 487 g/mol. The summed E-state index contributed by atoms with van der Waals surface area (Å²) in [6.07, 6.45) is 3.08. The van der Waals surface area contributed by atoms with E-state index in [-0.39, 0.29) is 26.9 Å². The molecule has 0 saturated carbocycles. The van der Waals surface area contributed by atoms with Crippen LogP contribution in [0.4, 0.5) is 5.69 Å². The third-order valence-corrected chi connectivity index (χ3v) is 6.10. The zero-order chi connectivity index (χ0) is 23.9. The summed E-state index contributed by atoms with van der Waals surface area (Å²) in [7, 11) is 1.38. The molecule has 1 amide bonds. The molecule has 2 heterocycles. The lowest BCUT2D eigenvalue weighted by Gasteiger charge is -2.27. The Labute approximate surface area is 205 Å². The molecule has 1 aliphatic heterocycles. The summed E-state index contributed by atoms with van der Waals surface area (Å²) in [5.41, 5.74) is 1.69. The number of hydrogen-bond donors (Lipinski definition) is 1. The van der Waals surface area contributed by atoms with Crippen molar-refractivity contribution in [1.29, 1.82) is 0 Å². The number of ketones is 1. The van der Waals surface area contributed by atoms with Crippen LogP contribution in [-0.2, 0) is 9.59 Å². The minimum atomic E-state index is -0.951. The molecule has 4 rings (SSSR count). The van der Waals surface area contributed by atoms with E-state index in [1.54, 1.807) is 37.3 Å². The highest BCUT2D eigenvalue weighted by atomic mass is 35.5. The van der Waals surface area contributed by atoms with Crippen molar-refractivity contribution in [3.8, 4) is 5.75 Å². The number of anilines is 1. The normalized spacial score (nSPS) is 17.5. The molecule has 6 nitrogen and oxygen atoms in total. The number of carbonyl (C=O) groups is 2. The average Bonchev–Trinajstić information content (AvgIpc) is 3.05. The second kappa shape index (κ2) is 9.06. The fourth-order valence-electron chi connectivity index (χ4n) is 3.87. The number of rotatable bonds is 4. The van der Waals surface area contributed by atoms with Crippen molar-refractivity contribution in [3.63, 3.8) is 0 Å². The Morgan fingerprint density at radius 1 is 1.03 bits per heavy atom. The molecule has 1 fully saturated rings.